The van der Waals surface area contributed by atoms with Crippen molar-refractivity contribution < 1.29 is 27.6 Å². The molecule has 1 aromatic carbocycles. The molecule has 0 bridgehead atoms. The summed E-state index contributed by atoms with van der Waals surface area (Å²) in [4.78, 5) is 12.7. The highest BCUT2D eigenvalue weighted by Gasteiger charge is 2.39. The number of alkyl halides is 3. The summed E-state index contributed by atoms with van der Waals surface area (Å²) in [6.45, 7) is -0.901. The van der Waals surface area contributed by atoms with Gasteiger partial charge in [-0.05, 0) is 12.1 Å². The van der Waals surface area contributed by atoms with Crippen LogP contribution in [-0.2, 0) is 0 Å². The zero-order valence-electron chi connectivity index (χ0n) is 11.8. The molecule has 0 aliphatic carbocycles. The maximum absolute atomic E-state index is 12.3. The van der Waals surface area contributed by atoms with Crippen molar-refractivity contribution in [1.82, 2.24) is 10.1 Å². The summed E-state index contributed by atoms with van der Waals surface area (Å²) in [5.74, 6) is -0.550. The zero-order valence-corrected chi connectivity index (χ0v) is 12.6. The van der Waals surface area contributed by atoms with E-state index in [1.54, 1.807) is 24.3 Å². The summed E-state index contributed by atoms with van der Waals surface area (Å²) >= 11 is 5.84. The number of hydrogen-bond donors (Lipinski definition) is 1. The molecule has 0 aliphatic rings. The second-order valence-corrected chi connectivity index (χ2v) is 5.27. The first-order valence-electron chi connectivity index (χ1n) is 6.41. The summed E-state index contributed by atoms with van der Waals surface area (Å²) in [6.07, 6.45) is -7.43. The molecule has 0 fully saturated rings. The van der Waals surface area contributed by atoms with E-state index in [1.165, 1.54) is 6.07 Å². The molecule has 0 saturated heterocycles. The van der Waals surface area contributed by atoms with Crippen LogP contribution in [0.5, 0.6) is 0 Å². The number of hydrogen-bond acceptors (Lipinski definition) is 4. The minimum atomic E-state index is -4.80. The van der Waals surface area contributed by atoms with Crippen molar-refractivity contribution >= 4 is 17.5 Å². The first-order chi connectivity index (χ1) is 10.7. The molecule has 0 spiro atoms. The van der Waals surface area contributed by atoms with E-state index in [4.69, 9.17) is 21.2 Å². The summed E-state index contributed by atoms with van der Waals surface area (Å²) in [5, 5.41) is 13.0. The lowest BCUT2D eigenvalue weighted by molar-refractivity contribution is -0.205. The summed E-state index contributed by atoms with van der Waals surface area (Å²) in [6, 6.07) is 7.89. The van der Waals surface area contributed by atoms with Crippen LogP contribution in [0.1, 0.15) is 10.5 Å². The van der Waals surface area contributed by atoms with Gasteiger partial charge in [-0.2, -0.15) is 13.2 Å². The molecular formula is C14H12ClF3N2O3. The van der Waals surface area contributed by atoms with Crippen molar-refractivity contribution in [2.45, 2.75) is 12.3 Å². The Bertz CT molecular complexity index is 703. The standard InChI is InChI=1S/C14H12ClF3N2O3/c1-20(7-12(21)14(16,17)18)13(22)10-6-11(23-19-10)8-3-2-4-9(15)5-8/h2-6,12,21H,7H2,1H3. The number of rotatable bonds is 4. The quantitative estimate of drug-likeness (QED) is 0.922. The molecule has 1 amide bonds. The van der Waals surface area contributed by atoms with Gasteiger partial charge in [0.15, 0.2) is 17.6 Å². The number of carbonyl (C=O) groups is 1. The van der Waals surface area contributed by atoms with Crippen LogP contribution >= 0.6 is 11.6 Å². The molecule has 1 atom stereocenters. The Morgan fingerprint density at radius 3 is 2.74 bits per heavy atom. The fourth-order valence-corrected chi connectivity index (χ4v) is 1.99. The minimum absolute atomic E-state index is 0.170. The van der Waals surface area contributed by atoms with Gasteiger partial charge in [0.1, 0.15) is 0 Å². The van der Waals surface area contributed by atoms with E-state index >= 15 is 0 Å². The van der Waals surface area contributed by atoms with Gasteiger partial charge in [-0.15, -0.1) is 0 Å². The van der Waals surface area contributed by atoms with Crippen molar-refractivity contribution in [1.29, 1.82) is 0 Å². The predicted molar refractivity (Wildman–Crippen MR) is 76.0 cm³/mol. The van der Waals surface area contributed by atoms with E-state index in [0.29, 0.717) is 10.6 Å². The minimum Gasteiger partial charge on any atom is -0.382 e. The number of aliphatic hydroxyl groups is 1. The predicted octanol–water partition coefficient (Wildman–Crippen LogP) is 2.99. The number of carbonyl (C=O) groups excluding carboxylic acids is 1. The molecule has 0 aliphatic heterocycles. The average Bonchev–Trinajstić information content (AvgIpc) is 2.95. The lowest BCUT2D eigenvalue weighted by Gasteiger charge is -2.21. The van der Waals surface area contributed by atoms with E-state index in [2.05, 4.69) is 5.16 Å². The Labute approximate surface area is 134 Å². The van der Waals surface area contributed by atoms with Gasteiger partial charge in [-0.25, -0.2) is 0 Å². The highest BCUT2D eigenvalue weighted by atomic mass is 35.5. The number of aromatic nitrogens is 1. The third-order valence-electron chi connectivity index (χ3n) is 3.01. The van der Waals surface area contributed by atoms with Crippen molar-refractivity contribution in [3.05, 3.63) is 41.0 Å². The fourth-order valence-electron chi connectivity index (χ4n) is 1.80. The van der Waals surface area contributed by atoms with Gasteiger partial charge < -0.3 is 14.5 Å². The second-order valence-electron chi connectivity index (χ2n) is 4.83. The Hall–Kier alpha value is -2.06. The summed E-state index contributed by atoms with van der Waals surface area (Å²) in [5.41, 5.74) is 0.402. The lowest BCUT2D eigenvalue weighted by atomic mass is 10.1. The first kappa shape index (κ1) is 17.3. The van der Waals surface area contributed by atoms with Gasteiger partial charge in [0, 0.05) is 23.7 Å². The molecule has 1 N–H and O–H groups in total. The van der Waals surface area contributed by atoms with Crippen molar-refractivity contribution in [3.63, 3.8) is 0 Å². The van der Waals surface area contributed by atoms with Crippen LogP contribution in [0.3, 0.4) is 0 Å². The second kappa shape index (κ2) is 6.59. The number of nitrogens with zero attached hydrogens (tertiary/aromatic N) is 2. The SMILES string of the molecule is CN(CC(O)C(F)(F)F)C(=O)c1cc(-c2cccc(Cl)c2)on1. The molecule has 1 heterocycles. The number of likely N-dealkylation sites (N-methyl/N-ethyl adjacent to an activating group) is 1. The molecule has 2 aromatic rings. The molecule has 23 heavy (non-hydrogen) atoms. The number of halogens is 4. The molecule has 124 valence electrons. The van der Waals surface area contributed by atoms with Gasteiger partial charge in [-0.1, -0.05) is 28.9 Å². The van der Waals surface area contributed by atoms with Gasteiger partial charge in [0.25, 0.3) is 5.91 Å². The smallest absolute Gasteiger partial charge is 0.382 e. The van der Waals surface area contributed by atoms with Crippen molar-refractivity contribution in [3.8, 4) is 11.3 Å². The van der Waals surface area contributed by atoms with Gasteiger partial charge >= 0.3 is 6.18 Å². The van der Waals surface area contributed by atoms with E-state index in [-0.39, 0.29) is 11.5 Å². The summed E-state index contributed by atoms with van der Waals surface area (Å²) < 4.78 is 41.9. The van der Waals surface area contributed by atoms with Gasteiger partial charge in [0.05, 0.1) is 6.54 Å². The van der Waals surface area contributed by atoms with Crippen LogP contribution in [0.2, 0.25) is 5.02 Å². The summed E-state index contributed by atoms with van der Waals surface area (Å²) in [7, 11) is 1.13. The normalized spacial score (nSPS) is 13.0. The average molecular weight is 349 g/mol. The number of amides is 1. The largest absolute Gasteiger partial charge is 0.416 e. The third kappa shape index (κ3) is 4.23. The van der Waals surface area contributed by atoms with Gasteiger partial charge in [-0.3, -0.25) is 4.79 Å². The van der Waals surface area contributed by atoms with E-state index in [1.807, 2.05) is 0 Å². The molecule has 1 unspecified atom stereocenters. The molecule has 0 saturated carbocycles. The topological polar surface area (TPSA) is 66.6 Å². The molecule has 0 radical (unpaired) electrons. The molecule has 9 heteroatoms. The van der Waals surface area contributed by atoms with Crippen LogP contribution in [0, 0.1) is 0 Å². The van der Waals surface area contributed by atoms with Crippen LogP contribution in [0.15, 0.2) is 34.9 Å². The third-order valence-corrected chi connectivity index (χ3v) is 3.24. The van der Waals surface area contributed by atoms with Crippen LogP contribution in [0.25, 0.3) is 11.3 Å². The van der Waals surface area contributed by atoms with E-state index in [0.717, 1.165) is 11.9 Å². The number of aliphatic hydroxyl groups excluding tert-OH is 1. The monoisotopic (exact) mass is 348 g/mol. The number of benzene rings is 1. The maximum Gasteiger partial charge on any atom is 0.416 e. The lowest BCUT2D eigenvalue weighted by Crippen LogP contribution is -2.41. The fraction of sp³-hybridized carbons (Fsp3) is 0.286. The first-order valence-corrected chi connectivity index (χ1v) is 6.79. The highest BCUT2D eigenvalue weighted by Crippen LogP contribution is 2.24. The van der Waals surface area contributed by atoms with E-state index in [9.17, 15) is 18.0 Å². The molecular weight excluding hydrogens is 337 g/mol. The van der Waals surface area contributed by atoms with Crippen molar-refractivity contribution in [2.24, 2.45) is 0 Å². The highest BCUT2D eigenvalue weighted by molar-refractivity contribution is 6.30. The molecule has 1 aromatic heterocycles. The Balaban J connectivity index is 2.12. The van der Waals surface area contributed by atoms with Crippen molar-refractivity contribution in [2.75, 3.05) is 13.6 Å². The molecule has 2 rings (SSSR count). The van der Waals surface area contributed by atoms with Crippen LogP contribution in [-0.4, -0.2) is 46.9 Å². The Kier molecular flexibility index (Phi) is 4.96. The Morgan fingerprint density at radius 2 is 2.13 bits per heavy atom. The molecule has 5 nitrogen and oxygen atoms in total. The Morgan fingerprint density at radius 1 is 1.43 bits per heavy atom. The van der Waals surface area contributed by atoms with Gasteiger partial charge in [0.2, 0.25) is 0 Å². The van der Waals surface area contributed by atoms with Crippen LogP contribution < -0.4 is 0 Å². The van der Waals surface area contributed by atoms with Crippen LogP contribution in [0.4, 0.5) is 13.2 Å². The maximum atomic E-state index is 12.3. The van der Waals surface area contributed by atoms with E-state index < -0.39 is 24.7 Å². The zero-order chi connectivity index (χ0) is 17.2.